The molecule has 1 amide bonds. The molecular formula is C16H24ClN3O3S. The van der Waals surface area contributed by atoms with Gasteiger partial charge < -0.3 is 5.32 Å². The van der Waals surface area contributed by atoms with E-state index < -0.39 is 10.0 Å². The van der Waals surface area contributed by atoms with Crippen molar-refractivity contribution in [1.29, 1.82) is 0 Å². The third-order valence-corrected chi connectivity index (χ3v) is 5.04. The van der Waals surface area contributed by atoms with Crippen molar-refractivity contribution in [3.63, 3.8) is 0 Å². The van der Waals surface area contributed by atoms with Gasteiger partial charge in [-0.3, -0.25) is 9.69 Å². The van der Waals surface area contributed by atoms with Crippen LogP contribution in [0.4, 0.5) is 0 Å². The van der Waals surface area contributed by atoms with Crippen molar-refractivity contribution in [2.24, 2.45) is 0 Å². The molecule has 24 heavy (non-hydrogen) atoms. The fourth-order valence-corrected chi connectivity index (χ4v) is 3.50. The third-order valence-electron chi connectivity index (χ3n) is 3.94. The number of carbonyl (C=O) groups excluding carboxylic acids is 1. The lowest BCUT2D eigenvalue weighted by Gasteiger charge is -2.33. The molecule has 134 valence electrons. The molecule has 6 nitrogen and oxygen atoms in total. The Kier molecular flexibility index (Phi) is 7.03. The van der Waals surface area contributed by atoms with Crippen LogP contribution < -0.4 is 10.0 Å². The van der Waals surface area contributed by atoms with Gasteiger partial charge in [0.05, 0.1) is 6.26 Å². The minimum absolute atomic E-state index is 0.0898. The van der Waals surface area contributed by atoms with E-state index in [1.165, 1.54) is 0 Å². The molecular weight excluding hydrogens is 350 g/mol. The molecule has 2 N–H and O–H groups in total. The van der Waals surface area contributed by atoms with Crippen LogP contribution in [0.15, 0.2) is 24.3 Å². The summed E-state index contributed by atoms with van der Waals surface area (Å²) in [6.07, 6.45) is 3.17. The zero-order valence-electron chi connectivity index (χ0n) is 13.8. The molecule has 0 spiro atoms. The Morgan fingerprint density at radius 3 is 2.83 bits per heavy atom. The van der Waals surface area contributed by atoms with E-state index in [1.807, 2.05) is 24.3 Å². The van der Waals surface area contributed by atoms with Crippen LogP contribution in [0.5, 0.6) is 0 Å². The van der Waals surface area contributed by atoms with Crippen LogP contribution in [-0.2, 0) is 21.4 Å². The van der Waals surface area contributed by atoms with E-state index in [-0.39, 0.29) is 24.9 Å². The van der Waals surface area contributed by atoms with Crippen LogP contribution in [0.2, 0.25) is 5.02 Å². The molecule has 0 saturated carbocycles. The van der Waals surface area contributed by atoms with Crippen molar-refractivity contribution >= 4 is 27.5 Å². The number of hydrogen-bond acceptors (Lipinski definition) is 4. The first kappa shape index (κ1) is 19.2. The summed E-state index contributed by atoms with van der Waals surface area (Å²) >= 11 is 6.21. The van der Waals surface area contributed by atoms with Gasteiger partial charge in [-0.05, 0) is 31.0 Å². The first-order valence-electron chi connectivity index (χ1n) is 8.03. The fraction of sp³-hybridized carbons (Fsp3) is 0.562. The summed E-state index contributed by atoms with van der Waals surface area (Å²) < 4.78 is 24.3. The van der Waals surface area contributed by atoms with Crippen LogP contribution >= 0.6 is 11.6 Å². The highest BCUT2D eigenvalue weighted by atomic mass is 35.5. The second-order valence-corrected chi connectivity index (χ2v) is 8.39. The molecule has 8 heteroatoms. The first-order valence-corrected chi connectivity index (χ1v) is 10.3. The number of piperidine rings is 1. The number of amides is 1. The molecule has 0 radical (unpaired) electrons. The molecule has 1 saturated heterocycles. The summed E-state index contributed by atoms with van der Waals surface area (Å²) in [5.74, 6) is -0.129. The smallest absolute Gasteiger partial charge is 0.221 e. The highest BCUT2D eigenvalue weighted by molar-refractivity contribution is 7.88. The predicted molar refractivity (Wildman–Crippen MR) is 95.4 cm³/mol. The van der Waals surface area contributed by atoms with Gasteiger partial charge in [-0.2, -0.15) is 0 Å². The maximum Gasteiger partial charge on any atom is 0.221 e. The first-order chi connectivity index (χ1) is 11.3. The molecule has 1 aliphatic rings. The quantitative estimate of drug-likeness (QED) is 0.756. The number of benzene rings is 1. The van der Waals surface area contributed by atoms with E-state index in [9.17, 15) is 13.2 Å². The molecule has 1 aromatic carbocycles. The van der Waals surface area contributed by atoms with Gasteiger partial charge in [0.1, 0.15) is 0 Å². The Balaban J connectivity index is 1.78. The Labute approximate surface area is 148 Å². The Hall–Kier alpha value is -1.15. The number of sulfonamides is 1. The standard InChI is InChI=1S/C16H24ClN3O3S/c1-24(22,23)18-9-8-16(21)19-14-6-4-10-20(12-14)11-13-5-2-3-7-15(13)17/h2-3,5,7,14,18H,4,6,8-12H2,1H3,(H,19,21). The molecule has 0 aromatic heterocycles. The normalized spacial score (nSPS) is 19.2. The summed E-state index contributed by atoms with van der Waals surface area (Å²) in [5.41, 5.74) is 1.09. The highest BCUT2D eigenvalue weighted by Gasteiger charge is 2.21. The van der Waals surface area contributed by atoms with Gasteiger partial charge in [0.15, 0.2) is 0 Å². The van der Waals surface area contributed by atoms with E-state index in [2.05, 4.69) is 14.9 Å². The van der Waals surface area contributed by atoms with Gasteiger partial charge in [-0.25, -0.2) is 13.1 Å². The maximum atomic E-state index is 11.9. The van der Waals surface area contributed by atoms with Crippen molar-refractivity contribution in [2.75, 3.05) is 25.9 Å². The Bertz CT molecular complexity index is 666. The molecule has 1 fully saturated rings. The van der Waals surface area contributed by atoms with Crippen LogP contribution in [0.25, 0.3) is 0 Å². The van der Waals surface area contributed by atoms with Crippen LogP contribution in [0.3, 0.4) is 0 Å². The number of rotatable bonds is 7. The van der Waals surface area contributed by atoms with Gasteiger partial charge in [-0.15, -0.1) is 0 Å². The largest absolute Gasteiger partial charge is 0.352 e. The molecule has 2 rings (SSSR count). The number of nitrogens with zero attached hydrogens (tertiary/aromatic N) is 1. The Morgan fingerprint density at radius 1 is 1.38 bits per heavy atom. The van der Waals surface area contributed by atoms with E-state index in [0.29, 0.717) is 0 Å². The monoisotopic (exact) mass is 373 g/mol. The SMILES string of the molecule is CS(=O)(=O)NCCC(=O)NC1CCCN(Cc2ccccc2Cl)C1. The zero-order chi connectivity index (χ0) is 17.6. The Morgan fingerprint density at radius 2 is 2.12 bits per heavy atom. The van der Waals surface area contributed by atoms with Gasteiger partial charge in [-0.1, -0.05) is 29.8 Å². The number of carbonyl (C=O) groups is 1. The fourth-order valence-electron chi connectivity index (χ4n) is 2.83. The second kappa shape index (κ2) is 8.80. The molecule has 1 unspecified atom stereocenters. The van der Waals surface area contributed by atoms with Crippen molar-refractivity contribution in [3.05, 3.63) is 34.9 Å². The molecule has 0 aliphatic carbocycles. The zero-order valence-corrected chi connectivity index (χ0v) is 15.4. The molecule has 0 bridgehead atoms. The van der Waals surface area contributed by atoms with E-state index in [0.717, 1.165) is 49.3 Å². The topological polar surface area (TPSA) is 78.5 Å². The summed E-state index contributed by atoms with van der Waals surface area (Å²) in [6.45, 7) is 2.64. The summed E-state index contributed by atoms with van der Waals surface area (Å²) in [7, 11) is -3.25. The van der Waals surface area contributed by atoms with Crippen LogP contribution in [0, 0.1) is 0 Å². The molecule has 1 heterocycles. The lowest BCUT2D eigenvalue weighted by Crippen LogP contribution is -2.47. The minimum atomic E-state index is -3.25. The van der Waals surface area contributed by atoms with Crippen LogP contribution in [-0.4, -0.2) is 51.2 Å². The average molecular weight is 374 g/mol. The summed E-state index contributed by atoms with van der Waals surface area (Å²) in [5, 5.41) is 3.75. The van der Waals surface area contributed by atoms with E-state index >= 15 is 0 Å². The summed E-state index contributed by atoms with van der Waals surface area (Å²) in [6, 6.07) is 7.87. The van der Waals surface area contributed by atoms with Crippen molar-refractivity contribution in [2.45, 2.75) is 31.8 Å². The number of nitrogens with one attached hydrogen (secondary N) is 2. The number of halogens is 1. The molecule has 1 aromatic rings. The molecule has 1 atom stereocenters. The predicted octanol–water partition coefficient (Wildman–Crippen LogP) is 1.36. The second-order valence-electron chi connectivity index (χ2n) is 6.15. The van der Waals surface area contributed by atoms with Gasteiger partial charge in [0.2, 0.25) is 15.9 Å². The van der Waals surface area contributed by atoms with Crippen molar-refractivity contribution in [3.8, 4) is 0 Å². The van der Waals surface area contributed by atoms with Gasteiger partial charge >= 0.3 is 0 Å². The lowest BCUT2D eigenvalue weighted by molar-refractivity contribution is -0.122. The summed E-state index contributed by atoms with van der Waals surface area (Å²) in [4.78, 5) is 14.2. The van der Waals surface area contributed by atoms with Gasteiger partial charge in [0, 0.05) is 37.1 Å². The van der Waals surface area contributed by atoms with E-state index in [4.69, 9.17) is 11.6 Å². The maximum absolute atomic E-state index is 11.9. The lowest BCUT2D eigenvalue weighted by atomic mass is 10.0. The molecule has 1 aliphatic heterocycles. The van der Waals surface area contributed by atoms with E-state index in [1.54, 1.807) is 0 Å². The highest BCUT2D eigenvalue weighted by Crippen LogP contribution is 2.19. The third kappa shape index (κ3) is 6.76. The van der Waals surface area contributed by atoms with Crippen molar-refractivity contribution in [1.82, 2.24) is 14.9 Å². The van der Waals surface area contributed by atoms with Gasteiger partial charge in [0.25, 0.3) is 0 Å². The minimum Gasteiger partial charge on any atom is -0.352 e. The number of hydrogen-bond donors (Lipinski definition) is 2. The van der Waals surface area contributed by atoms with Crippen molar-refractivity contribution < 1.29 is 13.2 Å². The van der Waals surface area contributed by atoms with Crippen LogP contribution in [0.1, 0.15) is 24.8 Å². The number of likely N-dealkylation sites (tertiary alicyclic amines) is 1. The average Bonchev–Trinajstić information content (AvgIpc) is 2.48.